The second-order valence-electron chi connectivity index (χ2n) is 7.01. The Morgan fingerprint density at radius 3 is 2.38 bits per heavy atom. The topological polar surface area (TPSA) is 61.4 Å². The van der Waals surface area contributed by atoms with Crippen LogP contribution in [0.25, 0.3) is 0 Å². The number of benzene rings is 1. The van der Waals surface area contributed by atoms with Gasteiger partial charge in [0, 0.05) is 34.9 Å². The average Bonchev–Trinajstić information content (AvgIpc) is 2.52. The van der Waals surface area contributed by atoms with Crippen molar-refractivity contribution in [1.29, 1.82) is 0 Å². The summed E-state index contributed by atoms with van der Waals surface area (Å²) in [4.78, 5) is 26.1. The molecule has 0 saturated carbocycles. The number of nitrogens with zero attached hydrogens (tertiary/aromatic N) is 1. The van der Waals surface area contributed by atoms with Gasteiger partial charge in [0.1, 0.15) is 0 Å². The summed E-state index contributed by atoms with van der Waals surface area (Å²) in [5, 5.41) is 5.96. The second-order valence-corrected chi connectivity index (χ2v) is 9.03. The molecule has 1 rings (SSSR count). The van der Waals surface area contributed by atoms with E-state index < -0.39 is 0 Å². The summed E-state index contributed by atoms with van der Waals surface area (Å²) < 4.78 is 0.973. The molecule has 0 heterocycles. The van der Waals surface area contributed by atoms with Crippen molar-refractivity contribution in [3.05, 3.63) is 28.7 Å². The van der Waals surface area contributed by atoms with E-state index in [0.29, 0.717) is 23.8 Å². The number of carbonyl (C=O) groups is 2. The maximum Gasteiger partial charge on any atom is 0.234 e. The molecule has 0 bridgehead atoms. The summed E-state index contributed by atoms with van der Waals surface area (Å²) in [6.07, 6.45) is 1.39. The Hall–Kier alpha value is -1.05. The maximum absolute atomic E-state index is 12.1. The first-order valence-corrected chi connectivity index (χ1v) is 10.8. The lowest BCUT2D eigenvalue weighted by Gasteiger charge is -2.24. The van der Waals surface area contributed by atoms with Crippen LogP contribution >= 0.6 is 27.7 Å². The van der Waals surface area contributed by atoms with E-state index >= 15 is 0 Å². The van der Waals surface area contributed by atoms with E-state index in [4.69, 9.17) is 0 Å². The third-order valence-electron chi connectivity index (χ3n) is 3.54. The fraction of sp³-hybridized carbons (Fsp3) is 0.579. The highest BCUT2D eigenvalue weighted by molar-refractivity contribution is 9.10. The van der Waals surface area contributed by atoms with Crippen LogP contribution < -0.4 is 10.6 Å². The highest BCUT2D eigenvalue weighted by Crippen LogP contribution is 2.14. The molecule has 0 saturated heterocycles. The molecular weight excluding hydrogens is 414 g/mol. The number of hydrogen-bond acceptors (Lipinski definition) is 4. The molecule has 1 aromatic carbocycles. The number of anilines is 1. The van der Waals surface area contributed by atoms with E-state index in [-0.39, 0.29) is 17.9 Å². The summed E-state index contributed by atoms with van der Waals surface area (Å²) >= 11 is 4.84. The second kappa shape index (κ2) is 12.4. The van der Waals surface area contributed by atoms with Gasteiger partial charge in [-0.3, -0.25) is 9.59 Å². The van der Waals surface area contributed by atoms with Gasteiger partial charge in [0.15, 0.2) is 0 Å². The molecule has 2 N–H and O–H groups in total. The van der Waals surface area contributed by atoms with Gasteiger partial charge < -0.3 is 15.5 Å². The molecule has 26 heavy (non-hydrogen) atoms. The molecule has 0 fully saturated rings. The third kappa shape index (κ3) is 10.8. The first-order chi connectivity index (χ1) is 12.3. The monoisotopic (exact) mass is 443 g/mol. The molecule has 1 atom stereocenters. The van der Waals surface area contributed by atoms with Crippen LogP contribution in [0.1, 0.15) is 26.7 Å². The fourth-order valence-corrected chi connectivity index (χ4v) is 3.54. The van der Waals surface area contributed by atoms with Gasteiger partial charge in [-0.15, -0.1) is 0 Å². The van der Waals surface area contributed by atoms with Crippen molar-refractivity contribution >= 4 is 45.2 Å². The van der Waals surface area contributed by atoms with E-state index in [9.17, 15) is 9.59 Å². The number of rotatable bonds is 11. The predicted octanol–water partition coefficient (Wildman–Crippen LogP) is 3.60. The van der Waals surface area contributed by atoms with Gasteiger partial charge in [-0.05, 0) is 50.7 Å². The highest BCUT2D eigenvalue weighted by atomic mass is 79.9. The van der Waals surface area contributed by atoms with Crippen molar-refractivity contribution < 1.29 is 9.59 Å². The minimum absolute atomic E-state index is 0.0528. The highest BCUT2D eigenvalue weighted by Gasteiger charge is 2.15. The number of halogens is 1. The summed E-state index contributed by atoms with van der Waals surface area (Å²) in [5.41, 5.74) is 0.775. The van der Waals surface area contributed by atoms with Crippen LogP contribution in [0.5, 0.6) is 0 Å². The van der Waals surface area contributed by atoms with Crippen LogP contribution in [0.3, 0.4) is 0 Å². The standard InChI is InChI=1S/C19H30BrN3O2S/c1-14(2)11-17(12-23(3)4)22-18(24)9-10-26-13-19(25)21-16-7-5-15(20)6-8-16/h5-8,14,17H,9-13H2,1-4H3,(H,21,25)(H,22,24). The fourth-order valence-electron chi connectivity index (χ4n) is 2.55. The molecular formula is C19H30BrN3O2S. The van der Waals surface area contributed by atoms with Crippen LogP contribution in [-0.2, 0) is 9.59 Å². The van der Waals surface area contributed by atoms with Gasteiger partial charge in [-0.2, -0.15) is 11.8 Å². The number of hydrogen-bond donors (Lipinski definition) is 2. The van der Waals surface area contributed by atoms with E-state index in [1.165, 1.54) is 11.8 Å². The average molecular weight is 444 g/mol. The van der Waals surface area contributed by atoms with Crippen molar-refractivity contribution in [1.82, 2.24) is 10.2 Å². The number of thioether (sulfide) groups is 1. The largest absolute Gasteiger partial charge is 0.352 e. The Morgan fingerprint density at radius 1 is 1.15 bits per heavy atom. The van der Waals surface area contributed by atoms with Crippen molar-refractivity contribution in [2.45, 2.75) is 32.7 Å². The molecule has 0 aliphatic rings. The van der Waals surface area contributed by atoms with Gasteiger partial charge >= 0.3 is 0 Å². The molecule has 0 aromatic heterocycles. The van der Waals surface area contributed by atoms with Crippen LogP contribution in [0.2, 0.25) is 0 Å². The minimum atomic E-state index is -0.0528. The summed E-state index contributed by atoms with van der Waals surface area (Å²) in [6.45, 7) is 5.16. The zero-order valence-corrected chi connectivity index (χ0v) is 18.5. The number of nitrogens with one attached hydrogen (secondary N) is 2. The van der Waals surface area contributed by atoms with E-state index in [0.717, 1.165) is 23.1 Å². The molecule has 0 radical (unpaired) electrons. The lowest BCUT2D eigenvalue weighted by Crippen LogP contribution is -2.42. The first-order valence-electron chi connectivity index (χ1n) is 8.83. The summed E-state index contributed by atoms with van der Waals surface area (Å²) in [6, 6.07) is 7.63. The first kappa shape index (κ1) is 23.0. The van der Waals surface area contributed by atoms with Crippen LogP contribution in [0.15, 0.2) is 28.7 Å². The van der Waals surface area contributed by atoms with Crippen molar-refractivity contribution in [2.24, 2.45) is 5.92 Å². The number of carbonyl (C=O) groups excluding carboxylic acids is 2. The summed E-state index contributed by atoms with van der Waals surface area (Å²) in [5.74, 6) is 1.52. The van der Waals surface area contributed by atoms with E-state index in [2.05, 4.69) is 45.3 Å². The number of amides is 2. The lowest BCUT2D eigenvalue weighted by molar-refractivity contribution is -0.121. The van der Waals surface area contributed by atoms with Crippen molar-refractivity contribution in [3.8, 4) is 0 Å². The Kier molecular flexibility index (Phi) is 10.9. The van der Waals surface area contributed by atoms with Gasteiger partial charge in [-0.25, -0.2) is 0 Å². The molecule has 1 unspecified atom stereocenters. The molecule has 2 amide bonds. The van der Waals surface area contributed by atoms with Crippen LogP contribution in [0.4, 0.5) is 5.69 Å². The van der Waals surface area contributed by atoms with Gasteiger partial charge in [-0.1, -0.05) is 29.8 Å². The molecule has 146 valence electrons. The van der Waals surface area contributed by atoms with Crippen LogP contribution in [0, 0.1) is 5.92 Å². The lowest BCUT2D eigenvalue weighted by atomic mass is 10.0. The number of likely N-dealkylation sites (N-methyl/N-ethyl adjacent to an activating group) is 1. The van der Waals surface area contributed by atoms with Gasteiger partial charge in [0.05, 0.1) is 5.75 Å². The predicted molar refractivity (Wildman–Crippen MR) is 115 cm³/mol. The maximum atomic E-state index is 12.1. The Labute approximate surface area is 169 Å². The Bertz CT molecular complexity index is 554. The molecule has 0 spiro atoms. The SMILES string of the molecule is CC(C)CC(CN(C)C)NC(=O)CCSCC(=O)Nc1ccc(Br)cc1. The zero-order valence-electron chi connectivity index (χ0n) is 16.0. The third-order valence-corrected chi connectivity index (χ3v) is 5.03. The van der Waals surface area contributed by atoms with Crippen molar-refractivity contribution in [2.75, 3.05) is 37.5 Å². The summed E-state index contributed by atoms with van der Waals surface area (Å²) in [7, 11) is 4.03. The Morgan fingerprint density at radius 2 is 1.81 bits per heavy atom. The van der Waals surface area contributed by atoms with Crippen molar-refractivity contribution in [3.63, 3.8) is 0 Å². The molecule has 0 aliphatic heterocycles. The van der Waals surface area contributed by atoms with E-state index in [1.54, 1.807) is 0 Å². The van der Waals surface area contributed by atoms with Gasteiger partial charge in [0.2, 0.25) is 11.8 Å². The smallest absolute Gasteiger partial charge is 0.234 e. The van der Waals surface area contributed by atoms with E-state index in [1.807, 2.05) is 38.4 Å². The minimum Gasteiger partial charge on any atom is -0.352 e. The van der Waals surface area contributed by atoms with Gasteiger partial charge in [0.25, 0.3) is 0 Å². The van der Waals surface area contributed by atoms with Crippen LogP contribution in [-0.4, -0.2) is 54.9 Å². The quantitative estimate of drug-likeness (QED) is 0.512. The zero-order chi connectivity index (χ0) is 19.5. The molecule has 1 aromatic rings. The molecule has 0 aliphatic carbocycles. The normalized spacial score (nSPS) is 12.3. The Balaban J connectivity index is 2.25. The molecule has 5 nitrogen and oxygen atoms in total. The molecule has 7 heteroatoms.